The highest BCUT2D eigenvalue weighted by atomic mass is 16.3. The summed E-state index contributed by atoms with van der Waals surface area (Å²) in [6.07, 6.45) is 8.47. The van der Waals surface area contributed by atoms with Crippen molar-refractivity contribution in [2.24, 2.45) is 10.9 Å². The van der Waals surface area contributed by atoms with Crippen molar-refractivity contribution in [3.63, 3.8) is 0 Å². The van der Waals surface area contributed by atoms with Gasteiger partial charge < -0.3 is 20.0 Å². The number of furan rings is 1. The summed E-state index contributed by atoms with van der Waals surface area (Å²) in [6.45, 7) is 5.00. The van der Waals surface area contributed by atoms with Crippen molar-refractivity contribution in [2.45, 2.75) is 58.0 Å². The summed E-state index contributed by atoms with van der Waals surface area (Å²) in [6, 6.07) is 4.06. The number of hydrogen-bond acceptors (Lipinski definition) is 3. The fraction of sp³-hybridized carbons (Fsp3) is 0.684. The maximum absolute atomic E-state index is 12.7. The second-order valence-electron chi connectivity index (χ2n) is 7.02. The first-order valence-corrected chi connectivity index (χ1v) is 9.62. The predicted octanol–water partition coefficient (Wildman–Crippen LogP) is 2.52. The zero-order chi connectivity index (χ0) is 17.5. The molecule has 0 bridgehead atoms. The standard InChI is InChI=1S/C19H30N4O2/c1-2-20-19(21-13-17-9-6-12-25-17)22-16-10-11-23(14-16)18(24)15-7-4-3-5-8-15/h6,9,12,15-16H,2-5,7-8,10-11,13-14H2,1H3,(H2,20,21,22). The Balaban J connectivity index is 1.51. The molecule has 2 aliphatic rings. The van der Waals surface area contributed by atoms with Crippen molar-refractivity contribution in [3.05, 3.63) is 24.2 Å². The van der Waals surface area contributed by atoms with Gasteiger partial charge in [0.15, 0.2) is 5.96 Å². The number of hydrogen-bond donors (Lipinski definition) is 2. The van der Waals surface area contributed by atoms with Crippen molar-refractivity contribution >= 4 is 11.9 Å². The topological polar surface area (TPSA) is 69.9 Å². The van der Waals surface area contributed by atoms with Gasteiger partial charge in [-0.3, -0.25) is 4.79 Å². The average molecular weight is 346 g/mol. The van der Waals surface area contributed by atoms with Crippen LogP contribution < -0.4 is 10.6 Å². The minimum atomic E-state index is 0.258. The summed E-state index contributed by atoms with van der Waals surface area (Å²) in [5.74, 6) is 2.25. The van der Waals surface area contributed by atoms with Crippen LogP contribution in [0.1, 0.15) is 51.2 Å². The molecule has 0 spiro atoms. The molecule has 0 aromatic carbocycles. The van der Waals surface area contributed by atoms with Gasteiger partial charge in [0.1, 0.15) is 12.3 Å². The molecule has 1 saturated heterocycles. The van der Waals surface area contributed by atoms with E-state index in [2.05, 4.69) is 22.5 Å². The lowest BCUT2D eigenvalue weighted by Gasteiger charge is -2.26. The van der Waals surface area contributed by atoms with Gasteiger partial charge in [-0.15, -0.1) is 0 Å². The number of amides is 1. The van der Waals surface area contributed by atoms with Crippen LogP contribution in [0.15, 0.2) is 27.8 Å². The van der Waals surface area contributed by atoms with Gasteiger partial charge in [0, 0.05) is 31.6 Å². The molecule has 2 heterocycles. The molecule has 1 aromatic rings. The lowest BCUT2D eigenvalue weighted by Crippen LogP contribution is -2.45. The molecule has 2 N–H and O–H groups in total. The molecule has 3 rings (SSSR count). The minimum absolute atomic E-state index is 0.258. The normalized spacial score (nSPS) is 22.2. The van der Waals surface area contributed by atoms with Gasteiger partial charge in [-0.1, -0.05) is 19.3 Å². The van der Waals surface area contributed by atoms with Crippen LogP contribution in [0.5, 0.6) is 0 Å². The average Bonchev–Trinajstić information content (AvgIpc) is 3.32. The number of carbonyl (C=O) groups is 1. The molecule has 1 saturated carbocycles. The Kier molecular flexibility index (Phi) is 6.36. The maximum Gasteiger partial charge on any atom is 0.225 e. The largest absolute Gasteiger partial charge is 0.467 e. The maximum atomic E-state index is 12.7. The van der Waals surface area contributed by atoms with Crippen LogP contribution in [0.3, 0.4) is 0 Å². The summed E-state index contributed by atoms with van der Waals surface area (Å²) in [5, 5.41) is 6.74. The number of aliphatic imine (C=N–C) groups is 1. The Morgan fingerprint density at radius 1 is 1.32 bits per heavy atom. The molecule has 1 aliphatic heterocycles. The van der Waals surface area contributed by atoms with E-state index in [0.717, 1.165) is 50.6 Å². The summed E-state index contributed by atoms with van der Waals surface area (Å²) in [7, 11) is 0. The molecular weight excluding hydrogens is 316 g/mol. The monoisotopic (exact) mass is 346 g/mol. The first kappa shape index (κ1) is 17.8. The van der Waals surface area contributed by atoms with Crippen molar-refractivity contribution in [1.29, 1.82) is 0 Å². The second-order valence-corrected chi connectivity index (χ2v) is 7.02. The first-order chi connectivity index (χ1) is 12.3. The highest BCUT2D eigenvalue weighted by Crippen LogP contribution is 2.26. The lowest BCUT2D eigenvalue weighted by molar-refractivity contribution is -0.135. The van der Waals surface area contributed by atoms with Crippen LogP contribution in [0, 0.1) is 5.92 Å². The summed E-state index contributed by atoms with van der Waals surface area (Å²) in [4.78, 5) is 19.3. The van der Waals surface area contributed by atoms with Crippen molar-refractivity contribution < 1.29 is 9.21 Å². The molecule has 6 nitrogen and oxygen atoms in total. The minimum Gasteiger partial charge on any atom is -0.467 e. The van der Waals surface area contributed by atoms with Crippen LogP contribution in [0.2, 0.25) is 0 Å². The number of guanidine groups is 1. The number of carbonyl (C=O) groups excluding carboxylic acids is 1. The van der Waals surface area contributed by atoms with E-state index in [4.69, 9.17) is 4.42 Å². The SMILES string of the molecule is CCNC(=NCc1ccco1)NC1CCN(C(=O)C2CCCCC2)C1. The third-order valence-corrected chi connectivity index (χ3v) is 5.11. The van der Waals surface area contributed by atoms with Gasteiger partial charge in [0.2, 0.25) is 5.91 Å². The van der Waals surface area contributed by atoms with Gasteiger partial charge in [-0.05, 0) is 38.3 Å². The van der Waals surface area contributed by atoms with Crippen molar-refractivity contribution in [3.8, 4) is 0 Å². The third kappa shape index (κ3) is 5.00. The van der Waals surface area contributed by atoms with Crippen LogP contribution in [0.4, 0.5) is 0 Å². The van der Waals surface area contributed by atoms with E-state index in [1.807, 2.05) is 17.0 Å². The molecule has 25 heavy (non-hydrogen) atoms. The molecule has 1 aliphatic carbocycles. The predicted molar refractivity (Wildman–Crippen MR) is 98.2 cm³/mol. The zero-order valence-electron chi connectivity index (χ0n) is 15.2. The van der Waals surface area contributed by atoms with Crippen molar-refractivity contribution in [1.82, 2.24) is 15.5 Å². The fourth-order valence-corrected chi connectivity index (χ4v) is 3.76. The van der Waals surface area contributed by atoms with Crippen LogP contribution in [-0.2, 0) is 11.3 Å². The number of nitrogens with zero attached hydrogens (tertiary/aromatic N) is 2. The van der Waals surface area contributed by atoms with E-state index in [9.17, 15) is 4.79 Å². The molecule has 6 heteroatoms. The smallest absolute Gasteiger partial charge is 0.225 e. The summed E-state index contributed by atoms with van der Waals surface area (Å²) >= 11 is 0. The highest BCUT2D eigenvalue weighted by molar-refractivity contribution is 5.81. The van der Waals surface area contributed by atoms with Gasteiger partial charge in [-0.2, -0.15) is 0 Å². The Bertz CT molecular complexity index is 564. The number of nitrogens with one attached hydrogen (secondary N) is 2. The number of likely N-dealkylation sites (tertiary alicyclic amines) is 1. The molecule has 0 radical (unpaired) electrons. The lowest BCUT2D eigenvalue weighted by atomic mass is 9.88. The number of rotatable bonds is 5. The quantitative estimate of drug-likeness (QED) is 0.635. The van der Waals surface area contributed by atoms with Crippen LogP contribution in [-0.4, -0.2) is 42.4 Å². The van der Waals surface area contributed by atoms with E-state index in [1.165, 1.54) is 19.3 Å². The molecule has 1 unspecified atom stereocenters. The first-order valence-electron chi connectivity index (χ1n) is 9.62. The Morgan fingerprint density at radius 2 is 2.16 bits per heavy atom. The van der Waals surface area contributed by atoms with E-state index in [-0.39, 0.29) is 12.0 Å². The van der Waals surface area contributed by atoms with E-state index in [1.54, 1.807) is 6.26 Å². The van der Waals surface area contributed by atoms with Gasteiger partial charge in [0.05, 0.1) is 6.26 Å². The zero-order valence-corrected chi connectivity index (χ0v) is 15.2. The summed E-state index contributed by atoms with van der Waals surface area (Å²) in [5.41, 5.74) is 0. The third-order valence-electron chi connectivity index (χ3n) is 5.11. The van der Waals surface area contributed by atoms with Gasteiger partial charge >= 0.3 is 0 Å². The van der Waals surface area contributed by atoms with Crippen molar-refractivity contribution in [2.75, 3.05) is 19.6 Å². The molecule has 2 fully saturated rings. The van der Waals surface area contributed by atoms with E-state index < -0.39 is 0 Å². The van der Waals surface area contributed by atoms with E-state index in [0.29, 0.717) is 12.5 Å². The van der Waals surface area contributed by atoms with E-state index >= 15 is 0 Å². The summed E-state index contributed by atoms with van der Waals surface area (Å²) < 4.78 is 5.33. The molecule has 138 valence electrons. The molecular formula is C19H30N4O2. The van der Waals surface area contributed by atoms with Crippen LogP contribution >= 0.6 is 0 Å². The molecule has 1 atom stereocenters. The van der Waals surface area contributed by atoms with Gasteiger partial charge in [-0.25, -0.2) is 4.99 Å². The Hall–Kier alpha value is -1.98. The molecule has 1 amide bonds. The second kappa shape index (κ2) is 8.92. The Labute approximate surface area is 150 Å². The molecule has 1 aromatic heterocycles. The Morgan fingerprint density at radius 3 is 2.88 bits per heavy atom. The van der Waals surface area contributed by atoms with Gasteiger partial charge in [0.25, 0.3) is 0 Å². The van der Waals surface area contributed by atoms with Crippen LogP contribution in [0.25, 0.3) is 0 Å². The highest BCUT2D eigenvalue weighted by Gasteiger charge is 2.31. The fourth-order valence-electron chi connectivity index (χ4n) is 3.76.